The van der Waals surface area contributed by atoms with E-state index in [9.17, 15) is 19.5 Å². The third kappa shape index (κ3) is 18.8. The summed E-state index contributed by atoms with van der Waals surface area (Å²) in [4.78, 5) is 143. The van der Waals surface area contributed by atoms with E-state index < -0.39 is 137 Å². The number of nitrogens with zero attached hydrogens (tertiary/aromatic N) is 5. The fraction of sp³-hybridized carbons (Fsp3) is 0.548. The highest BCUT2D eigenvalue weighted by atomic mass is 16.6. The summed E-state index contributed by atoms with van der Waals surface area (Å²) in [7, 11) is 5.68. The zero-order chi connectivity index (χ0) is 68.8. The molecule has 2 aliphatic heterocycles. The van der Waals surface area contributed by atoms with Crippen molar-refractivity contribution in [1.82, 2.24) is 40.4 Å². The number of rotatable bonds is 17. The predicted octanol–water partition coefficient (Wildman–Crippen LogP) is 7.62. The van der Waals surface area contributed by atoms with Gasteiger partial charge in [-0.2, -0.15) is 0 Å². The molecule has 0 aromatic heterocycles. The molecule has 0 unspecified atom stereocenters. The van der Waals surface area contributed by atoms with Crippen molar-refractivity contribution >= 4 is 53.2 Å². The summed E-state index contributed by atoms with van der Waals surface area (Å²) in [5.74, 6) is -8.24. The van der Waals surface area contributed by atoms with E-state index in [4.69, 9.17) is 9.47 Å². The Morgan fingerprint density at radius 3 is 1.65 bits per heavy atom. The Kier molecular flexibility index (Phi) is 26.3. The lowest BCUT2D eigenvalue weighted by Crippen LogP contribution is -2.63. The summed E-state index contributed by atoms with van der Waals surface area (Å²) in [6.45, 7) is 21.0. The first kappa shape index (κ1) is 73.9. The molecular weight excluding hydrogens is 1180 g/mol. The van der Waals surface area contributed by atoms with E-state index >= 15 is 28.8 Å². The summed E-state index contributed by atoms with van der Waals surface area (Å²) < 4.78 is 12.2. The minimum atomic E-state index is -1.99. The van der Waals surface area contributed by atoms with Crippen LogP contribution in [0.1, 0.15) is 132 Å². The second-order valence-corrected chi connectivity index (χ2v) is 27.2. The SMILES string of the molecule is CC[C@H](C)[C@@H]1NC(=O)[C@@H]2CCCN2C(=O)[C@H](Cc2cccc(-c3ccc(OCc4ccccc4)cc3)c2)N(C)C(=O)[C@H](Cc2ccccc2)NC(=O)[C@H](C(C)C)N(C)C(=O)[C@@H]([C@@H](C)CC)OC(=O)[C@H](C(C)(C)O)N(C)C(=O)[C@H](CC(C)C)NC(=O)[C@H](C(C)C)N(C)C1=O. The van der Waals surface area contributed by atoms with Crippen LogP contribution in [0.4, 0.5) is 0 Å². The number of hydrogen-bond acceptors (Lipinski definition) is 12. The van der Waals surface area contributed by atoms with Crippen LogP contribution in [0.25, 0.3) is 11.1 Å². The molecule has 20 nitrogen and oxygen atoms in total. The average molecular weight is 1280 g/mol. The van der Waals surface area contributed by atoms with Gasteiger partial charge >= 0.3 is 5.97 Å². The molecule has 11 atom stereocenters. The van der Waals surface area contributed by atoms with Gasteiger partial charge < -0.3 is 55.0 Å². The predicted molar refractivity (Wildman–Crippen MR) is 357 cm³/mol. The first-order valence-electron chi connectivity index (χ1n) is 33.0. The van der Waals surface area contributed by atoms with Crippen molar-refractivity contribution in [2.45, 2.75) is 195 Å². The summed E-state index contributed by atoms with van der Waals surface area (Å²) in [6.07, 6.45) is -0.145. The van der Waals surface area contributed by atoms with Gasteiger partial charge in [-0.3, -0.25) is 38.4 Å². The normalized spacial score (nSPS) is 24.2. The smallest absolute Gasteiger partial charge is 0.332 e. The number of aliphatic hydroxyl groups is 1. The topological polar surface area (TPSA) is 245 Å². The van der Waals surface area contributed by atoms with E-state index in [1.54, 1.807) is 53.7 Å². The number of nitrogens with one attached hydrogen (secondary N) is 3. The van der Waals surface area contributed by atoms with Crippen LogP contribution in [0.15, 0.2) is 109 Å². The van der Waals surface area contributed by atoms with E-state index in [1.807, 2.05) is 125 Å². The van der Waals surface area contributed by atoms with Gasteiger partial charge in [-0.05, 0) is 103 Å². The lowest BCUT2D eigenvalue weighted by Gasteiger charge is -2.39. The molecule has 2 fully saturated rings. The molecule has 4 aromatic carbocycles. The highest BCUT2D eigenvalue weighted by Crippen LogP contribution is 2.30. The van der Waals surface area contributed by atoms with Crippen LogP contribution in [0.5, 0.6) is 5.75 Å². The van der Waals surface area contributed by atoms with Crippen molar-refractivity contribution < 1.29 is 57.7 Å². The number of ether oxygens (including phenoxy) is 2. The molecule has 93 heavy (non-hydrogen) atoms. The molecule has 0 saturated carbocycles. The second-order valence-electron chi connectivity index (χ2n) is 27.2. The highest BCUT2D eigenvalue weighted by molar-refractivity contribution is 5.99. The summed E-state index contributed by atoms with van der Waals surface area (Å²) in [6, 6.07) is 23.8. The minimum absolute atomic E-state index is 0.0310. The molecule has 8 amide bonds. The Labute approximate surface area is 550 Å². The maximum atomic E-state index is 15.8. The van der Waals surface area contributed by atoms with Gasteiger partial charge in [-0.1, -0.05) is 173 Å². The number of benzene rings is 4. The number of carbonyl (C=O) groups excluding carboxylic acids is 9. The van der Waals surface area contributed by atoms with Gasteiger partial charge in [-0.15, -0.1) is 0 Å². The van der Waals surface area contributed by atoms with Gasteiger partial charge in [0.05, 0.1) is 5.60 Å². The van der Waals surface area contributed by atoms with Crippen molar-refractivity contribution in [1.29, 1.82) is 0 Å². The van der Waals surface area contributed by atoms with Gasteiger partial charge in [0.25, 0.3) is 5.91 Å². The molecular formula is C73H102N8O12. The number of esters is 1. The van der Waals surface area contributed by atoms with Gasteiger partial charge in [0.2, 0.25) is 41.4 Å². The first-order valence-corrected chi connectivity index (χ1v) is 33.0. The minimum Gasteiger partial charge on any atom is -0.489 e. The molecule has 0 aliphatic carbocycles. The number of carbonyl (C=O) groups is 9. The molecule has 2 heterocycles. The molecule has 0 spiro atoms. The Morgan fingerprint density at radius 1 is 0.559 bits per heavy atom. The average Bonchev–Trinajstić information content (AvgIpc) is 1.84. The third-order valence-corrected chi connectivity index (χ3v) is 18.3. The number of hydrogen-bond donors (Lipinski definition) is 4. The van der Waals surface area contributed by atoms with Crippen LogP contribution < -0.4 is 20.7 Å². The van der Waals surface area contributed by atoms with Crippen LogP contribution in [-0.2, 0) is 67.3 Å². The van der Waals surface area contributed by atoms with Crippen LogP contribution in [0.2, 0.25) is 0 Å². The Bertz CT molecular complexity index is 3210. The van der Waals surface area contributed by atoms with Crippen molar-refractivity contribution in [2.75, 3.05) is 34.7 Å². The number of amides is 8. The van der Waals surface area contributed by atoms with Gasteiger partial charge in [0.1, 0.15) is 54.6 Å². The maximum Gasteiger partial charge on any atom is 0.332 e. The molecule has 2 saturated heterocycles. The third-order valence-electron chi connectivity index (χ3n) is 18.3. The monoisotopic (exact) mass is 1280 g/mol. The molecule has 506 valence electrons. The molecule has 2 aliphatic rings. The number of cyclic esters (lactones) is 1. The second kappa shape index (κ2) is 33.1. The molecule has 4 aromatic rings. The quantitative estimate of drug-likeness (QED) is 0.0747. The van der Waals surface area contributed by atoms with E-state index in [2.05, 4.69) is 16.0 Å². The Hall–Kier alpha value is -8.13. The van der Waals surface area contributed by atoms with Crippen molar-refractivity contribution in [2.24, 2.45) is 29.6 Å². The van der Waals surface area contributed by atoms with Crippen LogP contribution in [-0.4, -0.2) is 178 Å². The Morgan fingerprint density at radius 2 is 1.10 bits per heavy atom. The van der Waals surface area contributed by atoms with Crippen molar-refractivity contribution in [3.63, 3.8) is 0 Å². The van der Waals surface area contributed by atoms with Gasteiger partial charge in [-0.25, -0.2) is 4.79 Å². The van der Waals surface area contributed by atoms with Crippen molar-refractivity contribution in [3.8, 4) is 16.9 Å². The zero-order valence-electron chi connectivity index (χ0n) is 57.5. The number of likely N-dealkylation sites (N-methyl/N-ethyl adjacent to an activating group) is 4. The van der Waals surface area contributed by atoms with Crippen LogP contribution in [0.3, 0.4) is 0 Å². The van der Waals surface area contributed by atoms with E-state index in [-0.39, 0.29) is 38.1 Å². The highest BCUT2D eigenvalue weighted by Gasteiger charge is 2.48. The fourth-order valence-corrected chi connectivity index (χ4v) is 12.7. The summed E-state index contributed by atoms with van der Waals surface area (Å²) >= 11 is 0. The summed E-state index contributed by atoms with van der Waals surface area (Å²) in [5, 5.41) is 20.7. The van der Waals surface area contributed by atoms with Crippen LogP contribution >= 0.6 is 0 Å². The van der Waals surface area contributed by atoms with Crippen molar-refractivity contribution in [3.05, 3.63) is 126 Å². The maximum absolute atomic E-state index is 15.8. The van der Waals surface area contributed by atoms with E-state index in [1.165, 1.54) is 61.6 Å². The first-order chi connectivity index (χ1) is 43.9. The van der Waals surface area contributed by atoms with Crippen LogP contribution in [0, 0.1) is 29.6 Å². The van der Waals surface area contributed by atoms with E-state index in [0.717, 1.165) is 21.6 Å². The zero-order valence-corrected chi connectivity index (χ0v) is 57.5. The molecule has 20 heteroatoms. The fourth-order valence-electron chi connectivity index (χ4n) is 12.7. The van der Waals surface area contributed by atoms with Gasteiger partial charge in [0, 0.05) is 53.5 Å². The van der Waals surface area contributed by atoms with Gasteiger partial charge in [0.15, 0.2) is 12.1 Å². The molecule has 4 N–H and O–H groups in total. The standard InChI is InChI=1S/C73H102N8O12/c1-17-47(9)59-70(88)78(14)60(45(5)6)65(83)74-55(39-44(3)4)68(86)80(16)63(73(11,12)91)72(90)93-62(48(10)18-2)71(89)79(15)61(46(7)8)66(84)75-56(41-49-27-21-19-22-28-49)67(85)77(13)58(69(87)81-38-26-33-57(81)64(82)76-59)42-51-31-25-32-53(40-51)52-34-36-54(37-35-52)92-43-50-29-23-20-24-30-50/h19-25,27-32,34-37,40,44-48,55-63,91H,17-18,26,33,38-39,41-43H2,1-16H3,(H,74,83)(H,75,84)(H,76,82)/t47-,48-,55-,56-,57-,58-,59-,60-,61-,62+,63+/m0/s1. The summed E-state index contributed by atoms with van der Waals surface area (Å²) in [5.41, 5.74) is 2.07. The lowest BCUT2D eigenvalue weighted by atomic mass is 9.93. The molecule has 6 rings (SSSR count). The lowest BCUT2D eigenvalue weighted by molar-refractivity contribution is -0.177. The molecule has 0 radical (unpaired) electrons. The largest absolute Gasteiger partial charge is 0.489 e. The number of fused-ring (bicyclic) bond motifs is 1. The molecule has 0 bridgehead atoms. The Balaban J connectivity index is 1.50. The van der Waals surface area contributed by atoms with E-state index in [0.29, 0.717) is 42.7 Å².